The summed E-state index contributed by atoms with van der Waals surface area (Å²) in [5.41, 5.74) is 0. The lowest BCUT2D eigenvalue weighted by Crippen LogP contribution is -2.64. The van der Waals surface area contributed by atoms with E-state index >= 15 is 0 Å². The lowest BCUT2D eigenvalue weighted by Gasteiger charge is -2.44. The van der Waals surface area contributed by atoms with Gasteiger partial charge < -0.3 is 10.1 Å². The summed E-state index contributed by atoms with van der Waals surface area (Å²) in [4.78, 5) is 26.3. The minimum atomic E-state index is -0.939. The molecule has 0 radical (unpaired) electrons. The monoisotopic (exact) mass is 313 g/mol. The molecule has 1 aliphatic heterocycles. The molecule has 0 spiro atoms. The number of unbranched alkanes of at least 4 members (excludes halogenated alkanes) is 2. The number of amides is 2. The van der Waals surface area contributed by atoms with Crippen LogP contribution in [0.1, 0.15) is 53.9 Å². The Balaban J connectivity index is 2.94. The summed E-state index contributed by atoms with van der Waals surface area (Å²) in [6, 6.07) is -1.10. The van der Waals surface area contributed by atoms with Crippen LogP contribution in [0.2, 0.25) is 0 Å². The maximum Gasteiger partial charge on any atom is 0.534 e. The molecule has 128 valence electrons. The van der Waals surface area contributed by atoms with Gasteiger partial charge >= 0.3 is 6.03 Å². The first kappa shape index (κ1) is 18.9. The summed E-state index contributed by atoms with van der Waals surface area (Å²) < 4.78 is 0. The number of nitrogens with zero attached hydrogens (tertiary/aromatic N) is 3. The number of rotatable bonds is 6. The van der Waals surface area contributed by atoms with Gasteiger partial charge in [0.2, 0.25) is 0 Å². The van der Waals surface area contributed by atoms with Gasteiger partial charge in [-0.25, -0.2) is 4.90 Å². The van der Waals surface area contributed by atoms with Gasteiger partial charge in [0, 0.05) is 18.0 Å². The molecule has 1 rings (SSSR count). The van der Waals surface area contributed by atoms with Crippen molar-refractivity contribution in [2.75, 3.05) is 19.6 Å². The fourth-order valence-corrected chi connectivity index (χ4v) is 3.24. The Bertz CT molecular complexity index is 367. The van der Waals surface area contributed by atoms with Crippen molar-refractivity contribution in [2.24, 2.45) is 11.8 Å². The van der Waals surface area contributed by atoms with Gasteiger partial charge in [0.25, 0.3) is 0 Å². The van der Waals surface area contributed by atoms with Gasteiger partial charge in [0.1, 0.15) is 12.1 Å². The SMILES string of the molecule is CCCCCN1CC(C(C)C)N(C(=O)[N+](=O)[O-])C(C(C)C)C1. The molecule has 0 aromatic heterocycles. The zero-order valence-corrected chi connectivity index (χ0v) is 14.6. The predicted octanol–water partition coefficient (Wildman–Crippen LogP) is 3.24. The molecule has 6 nitrogen and oxygen atoms in total. The molecule has 22 heavy (non-hydrogen) atoms. The van der Waals surface area contributed by atoms with Crippen molar-refractivity contribution in [1.82, 2.24) is 9.80 Å². The highest BCUT2D eigenvalue weighted by molar-refractivity contribution is 5.66. The quantitative estimate of drug-likeness (QED) is 0.429. The van der Waals surface area contributed by atoms with E-state index in [1.807, 2.05) is 27.7 Å². The minimum Gasteiger partial charge on any atom is -0.355 e. The highest BCUT2D eigenvalue weighted by Crippen LogP contribution is 2.26. The summed E-state index contributed by atoms with van der Waals surface area (Å²) in [5.74, 6) is 0.415. The third kappa shape index (κ3) is 4.66. The first-order valence-electron chi connectivity index (χ1n) is 8.48. The molecule has 1 fully saturated rings. The lowest BCUT2D eigenvalue weighted by molar-refractivity contribution is -0.389. The molecule has 0 aromatic carbocycles. The van der Waals surface area contributed by atoms with E-state index in [0.29, 0.717) is 0 Å². The molecule has 2 unspecified atom stereocenters. The maximum atomic E-state index is 12.1. The largest absolute Gasteiger partial charge is 0.534 e. The Morgan fingerprint density at radius 1 is 1.14 bits per heavy atom. The Morgan fingerprint density at radius 2 is 1.64 bits per heavy atom. The first-order chi connectivity index (χ1) is 10.3. The van der Waals surface area contributed by atoms with Crippen LogP contribution in [0.3, 0.4) is 0 Å². The molecular weight excluding hydrogens is 282 g/mol. The topological polar surface area (TPSA) is 66.7 Å². The predicted molar refractivity (Wildman–Crippen MR) is 87.4 cm³/mol. The van der Waals surface area contributed by atoms with Crippen molar-refractivity contribution < 1.29 is 9.72 Å². The van der Waals surface area contributed by atoms with Crippen LogP contribution < -0.4 is 0 Å². The number of piperazine rings is 1. The smallest absolute Gasteiger partial charge is 0.355 e. The molecule has 0 aromatic rings. The second kappa shape index (κ2) is 8.46. The minimum absolute atomic E-state index is 0.0827. The Labute approximate surface area is 134 Å². The van der Waals surface area contributed by atoms with Gasteiger partial charge in [-0.15, -0.1) is 0 Å². The van der Waals surface area contributed by atoms with Crippen molar-refractivity contribution in [3.63, 3.8) is 0 Å². The van der Waals surface area contributed by atoms with Crippen molar-refractivity contribution >= 4 is 6.03 Å². The van der Waals surface area contributed by atoms with E-state index in [-0.39, 0.29) is 23.9 Å². The number of urea groups is 1. The fraction of sp³-hybridized carbons (Fsp3) is 0.938. The molecule has 2 atom stereocenters. The molecule has 2 amide bonds. The molecule has 1 aliphatic rings. The van der Waals surface area contributed by atoms with Gasteiger partial charge in [0.05, 0.1) is 0 Å². The molecule has 0 bridgehead atoms. The van der Waals surface area contributed by atoms with Crippen LogP contribution in [0.25, 0.3) is 0 Å². The van der Waals surface area contributed by atoms with E-state index in [0.717, 1.165) is 26.1 Å². The van der Waals surface area contributed by atoms with Crippen LogP contribution in [-0.2, 0) is 0 Å². The summed E-state index contributed by atoms with van der Waals surface area (Å²) >= 11 is 0. The van der Waals surface area contributed by atoms with E-state index in [1.165, 1.54) is 12.8 Å². The molecule has 1 saturated heterocycles. The zero-order valence-electron chi connectivity index (χ0n) is 14.6. The van der Waals surface area contributed by atoms with E-state index < -0.39 is 11.0 Å². The van der Waals surface area contributed by atoms with Gasteiger partial charge in [-0.3, -0.25) is 4.90 Å². The van der Waals surface area contributed by atoms with Crippen LogP contribution in [0, 0.1) is 22.0 Å². The average molecular weight is 313 g/mol. The number of carbonyl (C=O) groups is 1. The van der Waals surface area contributed by atoms with E-state index in [9.17, 15) is 14.9 Å². The summed E-state index contributed by atoms with van der Waals surface area (Å²) in [6.45, 7) is 12.8. The molecular formula is C16H31N3O3. The van der Waals surface area contributed by atoms with Crippen LogP contribution in [0.5, 0.6) is 0 Å². The van der Waals surface area contributed by atoms with Crippen LogP contribution in [-0.4, -0.2) is 52.5 Å². The maximum absolute atomic E-state index is 12.1. The van der Waals surface area contributed by atoms with Crippen LogP contribution in [0.4, 0.5) is 4.79 Å². The summed E-state index contributed by atoms with van der Waals surface area (Å²) in [7, 11) is 0. The molecule has 0 N–H and O–H groups in total. The standard InChI is InChI=1S/C16H31N3O3/c1-6-7-8-9-17-10-14(12(2)3)18(16(20)19(21)22)15(11-17)13(4)5/h12-15H,6-11H2,1-5H3. The number of hydrogen-bond acceptors (Lipinski definition) is 4. The summed E-state index contributed by atoms with van der Waals surface area (Å²) in [5, 5.41) is 11.0. The van der Waals surface area contributed by atoms with Crippen molar-refractivity contribution in [1.29, 1.82) is 0 Å². The normalized spacial score (nSPS) is 23.3. The van der Waals surface area contributed by atoms with E-state index in [1.54, 1.807) is 4.90 Å². The molecule has 0 saturated carbocycles. The van der Waals surface area contributed by atoms with Crippen LogP contribution in [0.15, 0.2) is 0 Å². The molecule has 0 aliphatic carbocycles. The highest BCUT2D eigenvalue weighted by atomic mass is 16.6. The summed E-state index contributed by atoms with van der Waals surface area (Å²) in [6.07, 6.45) is 3.53. The van der Waals surface area contributed by atoms with E-state index in [2.05, 4.69) is 11.8 Å². The number of nitro groups is 1. The van der Waals surface area contributed by atoms with E-state index in [4.69, 9.17) is 0 Å². The Morgan fingerprint density at radius 3 is 2.00 bits per heavy atom. The third-order valence-corrected chi connectivity index (χ3v) is 4.60. The first-order valence-corrected chi connectivity index (χ1v) is 8.48. The Hall–Kier alpha value is -1.17. The van der Waals surface area contributed by atoms with Gasteiger partial charge in [-0.05, 0) is 24.8 Å². The van der Waals surface area contributed by atoms with Crippen molar-refractivity contribution in [3.8, 4) is 0 Å². The second-order valence-corrected chi connectivity index (χ2v) is 7.04. The van der Waals surface area contributed by atoms with Crippen molar-refractivity contribution in [2.45, 2.75) is 66.0 Å². The Kier molecular flexibility index (Phi) is 7.26. The van der Waals surface area contributed by atoms with Gasteiger partial charge in [-0.2, -0.15) is 4.79 Å². The number of carbonyl (C=O) groups excluding carboxylic acids is 1. The molecule has 6 heteroatoms. The number of hydrogen-bond donors (Lipinski definition) is 0. The third-order valence-electron chi connectivity index (χ3n) is 4.60. The fourth-order valence-electron chi connectivity index (χ4n) is 3.24. The zero-order chi connectivity index (χ0) is 16.9. The van der Waals surface area contributed by atoms with Crippen LogP contribution >= 0.6 is 0 Å². The average Bonchev–Trinajstić information content (AvgIpc) is 2.45. The van der Waals surface area contributed by atoms with Crippen molar-refractivity contribution in [3.05, 3.63) is 10.1 Å². The lowest BCUT2D eigenvalue weighted by atomic mass is 9.91. The highest BCUT2D eigenvalue weighted by Gasteiger charge is 2.47. The second-order valence-electron chi connectivity index (χ2n) is 7.04. The molecule has 1 heterocycles. The van der Waals surface area contributed by atoms with Gasteiger partial charge in [-0.1, -0.05) is 47.5 Å². The van der Waals surface area contributed by atoms with Gasteiger partial charge in [0.15, 0.2) is 0 Å².